The average molecular weight is 268 g/mol. The van der Waals surface area contributed by atoms with Gasteiger partial charge in [-0.3, -0.25) is 5.32 Å². The minimum absolute atomic E-state index is 0.236. The van der Waals surface area contributed by atoms with Gasteiger partial charge in [0.15, 0.2) is 0 Å². The molecule has 1 unspecified atom stereocenters. The third-order valence-electron chi connectivity index (χ3n) is 3.10. The lowest BCUT2D eigenvalue weighted by molar-refractivity contribution is 0.225. The second-order valence-electron chi connectivity index (χ2n) is 5.54. The van der Waals surface area contributed by atoms with E-state index in [9.17, 15) is 5.26 Å². The second kappa shape index (κ2) is 5.94. The van der Waals surface area contributed by atoms with Crippen molar-refractivity contribution in [1.82, 2.24) is 5.32 Å². The average Bonchev–Trinajstić information content (AvgIpc) is 2.44. The highest BCUT2D eigenvalue weighted by molar-refractivity contribution is 5.83. The zero-order valence-electron chi connectivity index (χ0n) is 12.2. The number of benzene rings is 2. The molecule has 0 aliphatic carbocycles. The van der Waals surface area contributed by atoms with Crippen molar-refractivity contribution in [1.29, 1.82) is 5.26 Å². The van der Waals surface area contributed by atoms with Crippen LogP contribution in [-0.2, 0) is 0 Å². The SMILES string of the molecule is CC(C)NC(C)(C#N)COc1ccc2ccccc2c1. The van der Waals surface area contributed by atoms with Crippen molar-refractivity contribution < 1.29 is 4.74 Å². The number of fused-ring (bicyclic) bond motifs is 1. The first kappa shape index (κ1) is 14.4. The molecule has 20 heavy (non-hydrogen) atoms. The summed E-state index contributed by atoms with van der Waals surface area (Å²) in [4.78, 5) is 0. The van der Waals surface area contributed by atoms with Gasteiger partial charge in [-0.1, -0.05) is 30.3 Å². The van der Waals surface area contributed by atoms with Crippen LogP contribution >= 0.6 is 0 Å². The summed E-state index contributed by atoms with van der Waals surface area (Å²) in [5.41, 5.74) is -0.681. The van der Waals surface area contributed by atoms with Crippen LogP contribution in [0, 0.1) is 11.3 Å². The fourth-order valence-electron chi connectivity index (χ4n) is 2.23. The van der Waals surface area contributed by atoms with Crippen molar-refractivity contribution in [3.8, 4) is 11.8 Å². The van der Waals surface area contributed by atoms with Gasteiger partial charge < -0.3 is 4.74 Å². The third kappa shape index (κ3) is 3.49. The third-order valence-corrected chi connectivity index (χ3v) is 3.10. The van der Waals surface area contributed by atoms with E-state index < -0.39 is 5.54 Å². The van der Waals surface area contributed by atoms with Crippen molar-refractivity contribution in [2.75, 3.05) is 6.61 Å². The molecule has 0 aliphatic heterocycles. The van der Waals surface area contributed by atoms with E-state index in [1.807, 2.05) is 51.1 Å². The van der Waals surface area contributed by atoms with Gasteiger partial charge in [0.2, 0.25) is 0 Å². The van der Waals surface area contributed by atoms with Gasteiger partial charge in [-0.25, -0.2) is 0 Å². The maximum Gasteiger partial charge on any atom is 0.138 e. The highest BCUT2D eigenvalue weighted by Gasteiger charge is 2.25. The van der Waals surface area contributed by atoms with E-state index in [0.717, 1.165) is 11.1 Å². The first-order valence-corrected chi connectivity index (χ1v) is 6.83. The lowest BCUT2D eigenvalue weighted by Crippen LogP contribution is -2.49. The van der Waals surface area contributed by atoms with E-state index in [1.165, 1.54) is 5.39 Å². The first-order chi connectivity index (χ1) is 9.52. The maximum atomic E-state index is 9.29. The van der Waals surface area contributed by atoms with E-state index in [2.05, 4.69) is 23.5 Å². The largest absolute Gasteiger partial charge is 0.491 e. The number of ether oxygens (including phenoxy) is 1. The van der Waals surface area contributed by atoms with E-state index in [-0.39, 0.29) is 6.04 Å². The van der Waals surface area contributed by atoms with Crippen LogP contribution in [0.3, 0.4) is 0 Å². The van der Waals surface area contributed by atoms with Crippen molar-refractivity contribution in [3.05, 3.63) is 42.5 Å². The zero-order valence-corrected chi connectivity index (χ0v) is 12.2. The molecule has 104 valence electrons. The first-order valence-electron chi connectivity index (χ1n) is 6.83. The van der Waals surface area contributed by atoms with E-state index in [1.54, 1.807) is 0 Å². The monoisotopic (exact) mass is 268 g/mol. The Morgan fingerprint density at radius 3 is 2.55 bits per heavy atom. The molecule has 1 atom stereocenters. The summed E-state index contributed by atoms with van der Waals surface area (Å²) in [6.07, 6.45) is 0. The molecule has 0 aromatic heterocycles. The molecule has 0 bridgehead atoms. The lowest BCUT2D eigenvalue weighted by atomic mass is 10.1. The molecular formula is C17H20N2O. The van der Waals surface area contributed by atoms with Crippen LogP contribution in [0.1, 0.15) is 20.8 Å². The summed E-state index contributed by atoms with van der Waals surface area (Å²) >= 11 is 0. The summed E-state index contributed by atoms with van der Waals surface area (Å²) in [6, 6.07) is 16.6. The summed E-state index contributed by atoms with van der Waals surface area (Å²) in [5, 5.41) is 14.8. The van der Waals surface area contributed by atoms with Crippen LogP contribution in [0.2, 0.25) is 0 Å². The fourth-order valence-corrected chi connectivity index (χ4v) is 2.23. The molecule has 3 nitrogen and oxygen atoms in total. The number of nitrogens with one attached hydrogen (secondary N) is 1. The van der Waals surface area contributed by atoms with Crippen molar-refractivity contribution in [3.63, 3.8) is 0 Å². The molecule has 0 spiro atoms. The van der Waals surface area contributed by atoms with Gasteiger partial charge in [-0.15, -0.1) is 0 Å². The molecule has 0 amide bonds. The molecule has 0 heterocycles. The number of nitrogens with zero attached hydrogens (tertiary/aromatic N) is 1. The molecule has 0 fully saturated rings. The van der Waals surface area contributed by atoms with Gasteiger partial charge in [0, 0.05) is 6.04 Å². The van der Waals surface area contributed by atoms with Gasteiger partial charge in [0.1, 0.15) is 17.9 Å². The molecule has 3 heteroatoms. The van der Waals surface area contributed by atoms with Crippen LogP contribution in [0.25, 0.3) is 10.8 Å². The molecule has 0 saturated heterocycles. The predicted molar refractivity (Wildman–Crippen MR) is 81.7 cm³/mol. The standard InChI is InChI=1S/C17H20N2O/c1-13(2)19-17(3,11-18)12-20-16-9-8-14-6-4-5-7-15(14)10-16/h4-10,13,19H,12H2,1-3H3. The Balaban J connectivity index is 2.10. The maximum absolute atomic E-state index is 9.29. The van der Waals surface area contributed by atoms with Gasteiger partial charge >= 0.3 is 0 Å². The molecule has 2 rings (SSSR count). The number of hydrogen-bond acceptors (Lipinski definition) is 3. The van der Waals surface area contributed by atoms with Crippen molar-refractivity contribution in [2.24, 2.45) is 0 Å². The molecule has 1 N–H and O–H groups in total. The quantitative estimate of drug-likeness (QED) is 0.902. The minimum atomic E-state index is -0.681. The highest BCUT2D eigenvalue weighted by atomic mass is 16.5. The normalized spacial score (nSPS) is 13.9. The fraction of sp³-hybridized carbons (Fsp3) is 0.353. The lowest BCUT2D eigenvalue weighted by Gasteiger charge is -2.25. The molecule has 2 aromatic rings. The van der Waals surface area contributed by atoms with Gasteiger partial charge in [-0.2, -0.15) is 5.26 Å². The molecule has 0 radical (unpaired) electrons. The van der Waals surface area contributed by atoms with E-state index in [4.69, 9.17) is 4.74 Å². The van der Waals surface area contributed by atoms with Gasteiger partial charge in [-0.05, 0) is 43.7 Å². The topological polar surface area (TPSA) is 45.0 Å². The summed E-state index contributed by atoms with van der Waals surface area (Å²) < 4.78 is 5.79. The van der Waals surface area contributed by atoms with Crippen LogP contribution in [0.5, 0.6) is 5.75 Å². The summed E-state index contributed by atoms with van der Waals surface area (Å²) in [5.74, 6) is 0.788. The van der Waals surface area contributed by atoms with Gasteiger partial charge in [0.25, 0.3) is 0 Å². The highest BCUT2D eigenvalue weighted by Crippen LogP contribution is 2.21. The summed E-state index contributed by atoms with van der Waals surface area (Å²) in [6.45, 7) is 6.21. The van der Waals surface area contributed by atoms with E-state index in [0.29, 0.717) is 6.61 Å². The Morgan fingerprint density at radius 2 is 1.90 bits per heavy atom. The van der Waals surface area contributed by atoms with Gasteiger partial charge in [0.05, 0.1) is 6.07 Å². The minimum Gasteiger partial charge on any atom is -0.491 e. The molecule has 0 saturated carbocycles. The molecule has 0 aliphatic rings. The Kier molecular flexibility index (Phi) is 4.26. The van der Waals surface area contributed by atoms with E-state index >= 15 is 0 Å². The zero-order chi connectivity index (χ0) is 14.6. The van der Waals surface area contributed by atoms with Crippen molar-refractivity contribution in [2.45, 2.75) is 32.4 Å². The molecular weight excluding hydrogens is 248 g/mol. The molecule has 2 aromatic carbocycles. The smallest absolute Gasteiger partial charge is 0.138 e. The van der Waals surface area contributed by atoms with Crippen LogP contribution < -0.4 is 10.1 Å². The Morgan fingerprint density at radius 1 is 1.20 bits per heavy atom. The number of hydrogen-bond donors (Lipinski definition) is 1. The Hall–Kier alpha value is -2.05. The second-order valence-corrected chi connectivity index (χ2v) is 5.54. The Labute approximate surface area is 120 Å². The number of nitriles is 1. The van der Waals surface area contributed by atoms with Crippen LogP contribution in [0.4, 0.5) is 0 Å². The number of rotatable bonds is 5. The Bertz CT molecular complexity index is 630. The predicted octanol–water partition coefficient (Wildman–Crippen LogP) is 3.50. The van der Waals surface area contributed by atoms with Crippen LogP contribution in [0.15, 0.2) is 42.5 Å². The summed E-state index contributed by atoms with van der Waals surface area (Å²) in [7, 11) is 0. The van der Waals surface area contributed by atoms with Crippen LogP contribution in [-0.4, -0.2) is 18.2 Å². The van der Waals surface area contributed by atoms with Crippen molar-refractivity contribution >= 4 is 10.8 Å².